The number of nitrogens with one attached hydrogen (secondary N) is 1. The molecule has 3 rings (SSSR count). The quantitative estimate of drug-likeness (QED) is 0.852. The Bertz CT molecular complexity index is 640. The molecule has 122 valence electrons. The molecular weight excluding hydrogens is 324 g/mol. The summed E-state index contributed by atoms with van der Waals surface area (Å²) < 4.78 is 33.1. The molecule has 1 aromatic carbocycles. The number of halogens is 1. The minimum atomic E-state index is -3.56. The van der Waals surface area contributed by atoms with E-state index in [2.05, 4.69) is 9.71 Å². The monoisotopic (exact) mass is 344 g/mol. The average molecular weight is 345 g/mol. The Labute approximate surface area is 137 Å². The molecule has 0 amide bonds. The van der Waals surface area contributed by atoms with Crippen molar-refractivity contribution >= 4 is 28.3 Å². The van der Waals surface area contributed by atoms with Gasteiger partial charge in [-0.05, 0) is 44.4 Å². The molecule has 22 heavy (non-hydrogen) atoms. The van der Waals surface area contributed by atoms with Crippen LogP contribution in [0.1, 0.15) is 37.7 Å². The van der Waals surface area contributed by atoms with Crippen LogP contribution < -0.4 is 5.32 Å². The number of ether oxygens (including phenoxy) is 1. The molecule has 1 fully saturated rings. The van der Waals surface area contributed by atoms with E-state index in [9.17, 15) is 8.42 Å². The van der Waals surface area contributed by atoms with Gasteiger partial charge in [-0.1, -0.05) is 18.6 Å². The van der Waals surface area contributed by atoms with E-state index >= 15 is 0 Å². The van der Waals surface area contributed by atoms with Crippen LogP contribution in [0.15, 0.2) is 33.6 Å². The van der Waals surface area contributed by atoms with Crippen LogP contribution in [0.25, 0.3) is 0 Å². The maximum absolute atomic E-state index is 11.9. The highest BCUT2D eigenvalue weighted by Gasteiger charge is 2.29. The SMILES string of the molecule is Cl.O=S1(=O)N=C(OCCCC2CCCCN2)c2ccccc21. The molecule has 2 aliphatic heterocycles. The Morgan fingerprint density at radius 1 is 1.27 bits per heavy atom. The fourth-order valence-corrected chi connectivity index (χ4v) is 4.00. The molecule has 0 spiro atoms. The number of benzene rings is 1. The van der Waals surface area contributed by atoms with Crippen LogP contribution in [0.4, 0.5) is 0 Å². The second kappa shape index (κ2) is 7.44. The molecule has 2 aliphatic rings. The Morgan fingerprint density at radius 3 is 2.86 bits per heavy atom. The summed E-state index contributed by atoms with van der Waals surface area (Å²) in [6, 6.07) is 7.37. The fourth-order valence-electron chi connectivity index (χ4n) is 2.85. The molecule has 0 saturated carbocycles. The van der Waals surface area contributed by atoms with Gasteiger partial charge in [0.25, 0.3) is 10.0 Å². The lowest BCUT2D eigenvalue weighted by molar-refractivity contribution is 0.276. The first kappa shape index (κ1) is 17.2. The van der Waals surface area contributed by atoms with Gasteiger partial charge in [0.05, 0.1) is 12.2 Å². The molecule has 5 nitrogen and oxygen atoms in total. The maximum atomic E-state index is 11.9. The summed E-state index contributed by atoms with van der Waals surface area (Å²) in [5.74, 6) is 0.238. The maximum Gasteiger partial charge on any atom is 0.286 e. The highest BCUT2D eigenvalue weighted by molar-refractivity contribution is 7.90. The number of hydrogen-bond donors (Lipinski definition) is 1. The third kappa shape index (κ3) is 3.80. The zero-order chi connectivity index (χ0) is 14.7. The van der Waals surface area contributed by atoms with Crippen LogP contribution in [-0.4, -0.2) is 33.5 Å². The van der Waals surface area contributed by atoms with Crippen molar-refractivity contribution in [1.29, 1.82) is 0 Å². The average Bonchev–Trinajstić information content (AvgIpc) is 2.77. The largest absolute Gasteiger partial charge is 0.477 e. The summed E-state index contributed by atoms with van der Waals surface area (Å²) in [7, 11) is -3.56. The van der Waals surface area contributed by atoms with Gasteiger partial charge in [-0.15, -0.1) is 16.8 Å². The van der Waals surface area contributed by atoms with Crippen molar-refractivity contribution in [3.63, 3.8) is 0 Å². The van der Waals surface area contributed by atoms with Crippen LogP contribution >= 0.6 is 12.4 Å². The Hall–Kier alpha value is -1.11. The second-order valence-corrected chi connectivity index (χ2v) is 7.08. The molecule has 0 radical (unpaired) electrons. The number of hydrogen-bond acceptors (Lipinski definition) is 4. The first-order valence-electron chi connectivity index (χ1n) is 7.47. The zero-order valence-electron chi connectivity index (χ0n) is 12.3. The van der Waals surface area contributed by atoms with E-state index in [-0.39, 0.29) is 23.2 Å². The molecule has 1 saturated heterocycles. The number of fused-ring (bicyclic) bond motifs is 1. The van der Waals surface area contributed by atoms with Crippen LogP contribution in [0.5, 0.6) is 0 Å². The lowest BCUT2D eigenvalue weighted by atomic mass is 10.0. The van der Waals surface area contributed by atoms with Crippen LogP contribution in [-0.2, 0) is 14.8 Å². The Balaban J connectivity index is 0.00000176. The molecule has 1 N–H and O–H groups in total. The number of piperidine rings is 1. The highest BCUT2D eigenvalue weighted by atomic mass is 35.5. The van der Waals surface area contributed by atoms with Crippen molar-refractivity contribution in [1.82, 2.24) is 5.32 Å². The predicted molar refractivity (Wildman–Crippen MR) is 88.2 cm³/mol. The van der Waals surface area contributed by atoms with Crippen molar-refractivity contribution in [2.75, 3.05) is 13.2 Å². The first-order chi connectivity index (χ1) is 10.2. The highest BCUT2D eigenvalue weighted by Crippen LogP contribution is 2.26. The van der Waals surface area contributed by atoms with Crippen molar-refractivity contribution < 1.29 is 13.2 Å². The van der Waals surface area contributed by atoms with E-state index in [4.69, 9.17) is 4.74 Å². The smallest absolute Gasteiger partial charge is 0.286 e. The minimum Gasteiger partial charge on any atom is -0.477 e. The first-order valence-corrected chi connectivity index (χ1v) is 8.91. The van der Waals surface area contributed by atoms with Gasteiger partial charge >= 0.3 is 0 Å². The van der Waals surface area contributed by atoms with E-state index in [1.807, 2.05) is 0 Å². The van der Waals surface area contributed by atoms with E-state index < -0.39 is 10.0 Å². The number of nitrogens with zero attached hydrogens (tertiary/aromatic N) is 1. The van der Waals surface area contributed by atoms with Crippen molar-refractivity contribution in [2.45, 2.75) is 43.0 Å². The molecule has 0 aromatic heterocycles. The van der Waals surface area contributed by atoms with Gasteiger partial charge in [-0.2, -0.15) is 8.42 Å². The molecule has 1 atom stereocenters. The molecule has 1 aromatic rings. The van der Waals surface area contributed by atoms with Gasteiger partial charge < -0.3 is 10.1 Å². The minimum absolute atomic E-state index is 0. The van der Waals surface area contributed by atoms with Gasteiger partial charge in [-0.25, -0.2) is 0 Å². The molecular formula is C15H21ClN2O3S. The Kier molecular flexibility index (Phi) is 5.83. The third-order valence-corrected chi connectivity index (χ3v) is 5.26. The van der Waals surface area contributed by atoms with E-state index in [0.717, 1.165) is 19.4 Å². The van der Waals surface area contributed by atoms with Crippen LogP contribution in [0.3, 0.4) is 0 Å². The molecule has 0 aliphatic carbocycles. The summed E-state index contributed by atoms with van der Waals surface area (Å²) in [5, 5.41) is 3.49. The van der Waals surface area contributed by atoms with Crippen molar-refractivity contribution in [2.24, 2.45) is 4.40 Å². The van der Waals surface area contributed by atoms with Crippen molar-refractivity contribution in [3.05, 3.63) is 29.8 Å². The third-order valence-electron chi connectivity index (χ3n) is 3.95. The van der Waals surface area contributed by atoms with Gasteiger partial charge in [0.2, 0.25) is 5.90 Å². The lowest BCUT2D eigenvalue weighted by Crippen LogP contribution is -2.34. The molecule has 0 bridgehead atoms. The lowest BCUT2D eigenvalue weighted by Gasteiger charge is -2.23. The normalized spacial score (nSPS) is 22.4. The topological polar surface area (TPSA) is 67.8 Å². The fraction of sp³-hybridized carbons (Fsp3) is 0.533. The van der Waals surface area contributed by atoms with Crippen LogP contribution in [0.2, 0.25) is 0 Å². The van der Waals surface area contributed by atoms with E-state index in [1.54, 1.807) is 24.3 Å². The standard InChI is InChI=1S/C15H20N2O3S.ClH/c18-21(19)14-9-2-1-8-13(14)15(17-21)20-11-5-7-12-6-3-4-10-16-12;/h1-2,8-9,12,16H,3-7,10-11H2;1H. The van der Waals surface area contributed by atoms with Gasteiger partial charge in [0.1, 0.15) is 4.90 Å². The summed E-state index contributed by atoms with van der Waals surface area (Å²) >= 11 is 0. The van der Waals surface area contributed by atoms with Crippen LogP contribution in [0, 0.1) is 0 Å². The Morgan fingerprint density at radius 2 is 2.09 bits per heavy atom. The number of sulfonamides is 1. The van der Waals surface area contributed by atoms with Crippen molar-refractivity contribution in [3.8, 4) is 0 Å². The zero-order valence-corrected chi connectivity index (χ0v) is 14.0. The summed E-state index contributed by atoms with van der Waals surface area (Å²) in [6.45, 7) is 1.60. The summed E-state index contributed by atoms with van der Waals surface area (Å²) in [4.78, 5) is 0.244. The molecule has 1 unspecified atom stereocenters. The summed E-state index contributed by atoms with van der Waals surface area (Å²) in [6.07, 6.45) is 5.73. The van der Waals surface area contributed by atoms with E-state index in [0.29, 0.717) is 18.2 Å². The van der Waals surface area contributed by atoms with Gasteiger partial charge in [-0.3, -0.25) is 0 Å². The predicted octanol–water partition coefficient (Wildman–Crippen LogP) is 2.50. The van der Waals surface area contributed by atoms with Gasteiger partial charge in [0.15, 0.2) is 0 Å². The second-order valence-electron chi connectivity index (χ2n) is 5.51. The molecule has 7 heteroatoms. The molecule has 2 heterocycles. The van der Waals surface area contributed by atoms with E-state index in [1.165, 1.54) is 19.3 Å². The van der Waals surface area contributed by atoms with Gasteiger partial charge in [0, 0.05) is 6.04 Å². The number of rotatable bonds is 4. The summed E-state index contributed by atoms with van der Waals surface area (Å²) in [5.41, 5.74) is 0.577.